The lowest BCUT2D eigenvalue weighted by Gasteiger charge is -2.35. The lowest BCUT2D eigenvalue weighted by molar-refractivity contribution is -0.384. The highest BCUT2D eigenvalue weighted by molar-refractivity contribution is 5.70. The van der Waals surface area contributed by atoms with Crippen LogP contribution < -0.4 is 14.4 Å². The highest BCUT2D eigenvalue weighted by Gasteiger charge is 2.29. The molecule has 2 aliphatic heterocycles. The number of rotatable bonds is 2. The Bertz CT molecular complexity index is 518. The van der Waals surface area contributed by atoms with Gasteiger partial charge in [-0.2, -0.15) is 0 Å². The fourth-order valence-corrected chi connectivity index (χ4v) is 2.75. The Labute approximate surface area is 111 Å². The summed E-state index contributed by atoms with van der Waals surface area (Å²) in [7, 11) is 0. The summed E-state index contributed by atoms with van der Waals surface area (Å²) >= 11 is 0. The maximum atomic E-state index is 11.3. The second-order valence-corrected chi connectivity index (χ2v) is 4.99. The molecule has 0 amide bonds. The number of piperidine rings is 1. The maximum Gasteiger partial charge on any atom is 0.296 e. The minimum absolute atomic E-state index is 0.0954. The largest absolute Gasteiger partial charge is 0.454 e. The molecule has 19 heavy (non-hydrogen) atoms. The number of hydrogen-bond acceptors (Lipinski definition) is 5. The summed E-state index contributed by atoms with van der Waals surface area (Å²) in [5.41, 5.74) is 0.736. The van der Waals surface area contributed by atoms with Gasteiger partial charge in [0.25, 0.3) is 5.69 Å². The topological polar surface area (TPSA) is 64.8 Å². The molecule has 2 aliphatic rings. The second kappa shape index (κ2) is 4.60. The van der Waals surface area contributed by atoms with Gasteiger partial charge in [0.2, 0.25) is 6.79 Å². The van der Waals surface area contributed by atoms with Crippen molar-refractivity contribution in [3.63, 3.8) is 0 Å². The van der Waals surface area contributed by atoms with Crippen molar-refractivity contribution >= 4 is 11.4 Å². The first kappa shape index (κ1) is 12.1. The van der Waals surface area contributed by atoms with Crippen molar-refractivity contribution in [3.05, 3.63) is 22.2 Å². The zero-order chi connectivity index (χ0) is 13.4. The molecule has 0 bridgehead atoms. The standard InChI is InChI=1S/C13H16N2O4/c1-9-4-2-3-5-14(9)10-6-12-13(19-8-18-12)7-11(10)15(16)17/h6-7,9H,2-5,8H2,1H3/t9-/m0/s1. The van der Waals surface area contributed by atoms with E-state index in [4.69, 9.17) is 9.47 Å². The van der Waals surface area contributed by atoms with E-state index in [2.05, 4.69) is 11.8 Å². The van der Waals surface area contributed by atoms with Gasteiger partial charge < -0.3 is 14.4 Å². The summed E-state index contributed by atoms with van der Waals surface area (Å²) in [5, 5.41) is 11.3. The molecule has 0 N–H and O–H groups in total. The number of nitro groups is 1. The number of nitro benzene ring substituents is 1. The second-order valence-electron chi connectivity index (χ2n) is 4.99. The van der Waals surface area contributed by atoms with E-state index in [9.17, 15) is 10.1 Å². The van der Waals surface area contributed by atoms with Crippen LogP contribution in [0.1, 0.15) is 26.2 Å². The summed E-state index contributed by atoms with van der Waals surface area (Å²) in [6.45, 7) is 3.08. The number of nitrogens with zero attached hydrogens (tertiary/aromatic N) is 2. The van der Waals surface area contributed by atoms with Crippen LogP contribution in [0.2, 0.25) is 0 Å². The van der Waals surface area contributed by atoms with Crippen molar-refractivity contribution in [2.24, 2.45) is 0 Å². The van der Waals surface area contributed by atoms with Gasteiger partial charge in [0, 0.05) is 18.7 Å². The molecule has 1 aromatic carbocycles. The van der Waals surface area contributed by atoms with Crippen LogP contribution in [0, 0.1) is 10.1 Å². The van der Waals surface area contributed by atoms with Gasteiger partial charge in [0.15, 0.2) is 11.5 Å². The van der Waals surface area contributed by atoms with Crippen LogP contribution in [0.5, 0.6) is 11.5 Å². The zero-order valence-electron chi connectivity index (χ0n) is 10.8. The van der Waals surface area contributed by atoms with E-state index < -0.39 is 0 Å². The van der Waals surface area contributed by atoms with Crippen LogP contribution in [0.25, 0.3) is 0 Å². The van der Waals surface area contributed by atoms with E-state index >= 15 is 0 Å². The lowest BCUT2D eigenvalue weighted by atomic mass is 10.0. The smallest absolute Gasteiger partial charge is 0.296 e. The molecule has 6 heteroatoms. The number of fused-ring (bicyclic) bond motifs is 1. The predicted octanol–water partition coefficient (Wildman–Crippen LogP) is 2.70. The predicted molar refractivity (Wildman–Crippen MR) is 69.9 cm³/mol. The van der Waals surface area contributed by atoms with Crippen LogP contribution in [0.15, 0.2) is 12.1 Å². The SMILES string of the molecule is C[C@H]1CCCCN1c1cc2c(cc1[N+](=O)[O-])OCO2. The van der Waals surface area contributed by atoms with Gasteiger partial charge in [0.1, 0.15) is 5.69 Å². The van der Waals surface area contributed by atoms with Crippen molar-refractivity contribution in [2.45, 2.75) is 32.2 Å². The Kier molecular flexibility index (Phi) is 2.93. The summed E-state index contributed by atoms with van der Waals surface area (Å²) in [5.74, 6) is 1.05. The highest BCUT2D eigenvalue weighted by atomic mass is 16.7. The van der Waals surface area contributed by atoms with Gasteiger partial charge >= 0.3 is 0 Å². The molecule has 1 atom stereocenters. The van der Waals surface area contributed by atoms with E-state index in [-0.39, 0.29) is 17.4 Å². The first-order valence-electron chi connectivity index (χ1n) is 6.51. The van der Waals surface area contributed by atoms with Gasteiger partial charge in [-0.25, -0.2) is 0 Å². The molecule has 0 aliphatic carbocycles. The number of benzene rings is 1. The minimum Gasteiger partial charge on any atom is -0.454 e. The van der Waals surface area contributed by atoms with Crippen molar-refractivity contribution in [3.8, 4) is 11.5 Å². The molecular weight excluding hydrogens is 248 g/mol. The highest BCUT2D eigenvalue weighted by Crippen LogP contribution is 2.43. The van der Waals surface area contributed by atoms with E-state index in [0.29, 0.717) is 23.2 Å². The molecule has 3 rings (SSSR count). The van der Waals surface area contributed by atoms with E-state index in [1.807, 2.05) is 0 Å². The Morgan fingerprint density at radius 3 is 2.74 bits per heavy atom. The third-order valence-corrected chi connectivity index (χ3v) is 3.78. The molecule has 6 nitrogen and oxygen atoms in total. The Morgan fingerprint density at radius 1 is 1.32 bits per heavy atom. The van der Waals surface area contributed by atoms with E-state index in [1.165, 1.54) is 12.5 Å². The van der Waals surface area contributed by atoms with Gasteiger partial charge in [-0.05, 0) is 26.2 Å². The van der Waals surface area contributed by atoms with Gasteiger partial charge in [-0.1, -0.05) is 0 Å². The Balaban J connectivity index is 2.05. The minimum atomic E-state index is -0.349. The van der Waals surface area contributed by atoms with Crippen molar-refractivity contribution in [2.75, 3.05) is 18.2 Å². The average molecular weight is 264 g/mol. The summed E-state index contributed by atoms with van der Waals surface area (Å²) in [6.07, 6.45) is 3.30. The van der Waals surface area contributed by atoms with Crippen LogP contribution >= 0.6 is 0 Å². The van der Waals surface area contributed by atoms with Crippen LogP contribution in [0.3, 0.4) is 0 Å². The number of ether oxygens (including phenoxy) is 2. The molecule has 2 heterocycles. The first-order chi connectivity index (χ1) is 9.16. The summed E-state index contributed by atoms with van der Waals surface area (Å²) in [6, 6.07) is 3.52. The Hall–Kier alpha value is -1.98. The molecule has 0 radical (unpaired) electrons. The number of anilines is 1. The van der Waals surface area contributed by atoms with E-state index in [0.717, 1.165) is 19.4 Å². The van der Waals surface area contributed by atoms with Gasteiger partial charge in [0.05, 0.1) is 11.0 Å². The third kappa shape index (κ3) is 2.07. The Morgan fingerprint density at radius 2 is 2.05 bits per heavy atom. The molecule has 1 fully saturated rings. The molecular formula is C13H16N2O4. The van der Waals surface area contributed by atoms with Gasteiger partial charge in [-0.3, -0.25) is 10.1 Å². The summed E-state index contributed by atoms with van der Waals surface area (Å²) in [4.78, 5) is 13.0. The molecule has 1 saturated heterocycles. The summed E-state index contributed by atoms with van der Waals surface area (Å²) < 4.78 is 10.5. The van der Waals surface area contributed by atoms with Crippen LogP contribution in [0.4, 0.5) is 11.4 Å². The fourth-order valence-electron chi connectivity index (χ4n) is 2.75. The van der Waals surface area contributed by atoms with Crippen LogP contribution in [-0.4, -0.2) is 24.3 Å². The normalized spacial score (nSPS) is 21.5. The quantitative estimate of drug-likeness (QED) is 0.607. The zero-order valence-corrected chi connectivity index (χ0v) is 10.8. The van der Waals surface area contributed by atoms with Crippen molar-refractivity contribution < 1.29 is 14.4 Å². The molecule has 0 aromatic heterocycles. The molecule has 1 aromatic rings. The van der Waals surface area contributed by atoms with E-state index in [1.54, 1.807) is 6.07 Å². The van der Waals surface area contributed by atoms with Crippen molar-refractivity contribution in [1.29, 1.82) is 0 Å². The maximum absolute atomic E-state index is 11.3. The molecule has 0 saturated carbocycles. The molecule has 0 spiro atoms. The lowest BCUT2D eigenvalue weighted by Crippen LogP contribution is -2.37. The van der Waals surface area contributed by atoms with Crippen LogP contribution in [-0.2, 0) is 0 Å². The average Bonchev–Trinajstić information content (AvgIpc) is 2.85. The van der Waals surface area contributed by atoms with Crippen molar-refractivity contribution in [1.82, 2.24) is 0 Å². The monoisotopic (exact) mass is 264 g/mol. The third-order valence-electron chi connectivity index (χ3n) is 3.78. The molecule has 0 unspecified atom stereocenters. The fraction of sp³-hybridized carbons (Fsp3) is 0.538. The first-order valence-corrected chi connectivity index (χ1v) is 6.51. The van der Waals surface area contributed by atoms with Gasteiger partial charge in [-0.15, -0.1) is 0 Å². The number of hydrogen-bond donors (Lipinski definition) is 0. The molecule has 102 valence electrons.